The molecule has 2 heterocycles. The summed E-state index contributed by atoms with van der Waals surface area (Å²) < 4.78 is 25.1. The van der Waals surface area contributed by atoms with E-state index in [0.717, 1.165) is 49.7 Å². The minimum Gasteiger partial charge on any atom is -0.507 e. The summed E-state index contributed by atoms with van der Waals surface area (Å²) >= 11 is 5.72. The Morgan fingerprint density at radius 1 is 1.15 bits per heavy atom. The highest BCUT2D eigenvalue weighted by Crippen LogP contribution is 2.50. The van der Waals surface area contributed by atoms with Crippen LogP contribution in [-0.4, -0.2) is 59.8 Å². The number of ether oxygens (including phenoxy) is 3. The van der Waals surface area contributed by atoms with E-state index in [4.69, 9.17) is 30.9 Å². The number of thiocarbonyl (C=S) groups is 1. The number of aromatic hydroxyl groups is 1. The molecule has 6 atom stereocenters. The van der Waals surface area contributed by atoms with Crippen LogP contribution < -0.4 is 4.74 Å². The summed E-state index contributed by atoms with van der Waals surface area (Å²) in [5, 5.41) is 11.4. The third-order valence-electron chi connectivity index (χ3n) is 11.7. The Balaban J connectivity index is 1.64. The number of β-lactam (4-membered cyclic amide) rings is 1. The molecule has 0 saturated carbocycles. The minimum absolute atomic E-state index is 0.0210. The molecular weight excluding hydrogens is 703 g/mol. The molecule has 0 bridgehead atoms. The highest BCUT2D eigenvalue weighted by Gasteiger charge is 2.61. The van der Waals surface area contributed by atoms with Crippen LogP contribution in [0.4, 0.5) is 0 Å². The molecule has 3 aliphatic rings. The number of phenolic OH excluding ortho intramolecular Hbond substituents is 1. The van der Waals surface area contributed by atoms with Gasteiger partial charge in [0.05, 0.1) is 18.1 Å². The number of carbonyl (C=O) groups excluding carboxylic acids is 2. The average molecular weight is 768 g/mol. The Bertz CT molecular complexity index is 1650. The first kappa shape index (κ1) is 42.8. The fourth-order valence-corrected chi connectivity index (χ4v) is 9.40. The third kappa shape index (κ3) is 9.47. The molecule has 1 aliphatic carbocycles. The topological polar surface area (TPSA) is 94.5 Å². The van der Waals surface area contributed by atoms with Crippen LogP contribution in [0.2, 0.25) is 18.1 Å². The van der Waals surface area contributed by atoms with Crippen LogP contribution in [0.25, 0.3) is 0 Å². The second-order valence-electron chi connectivity index (χ2n) is 18.1. The summed E-state index contributed by atoms with van der Waals surface area (Å²) in [7, 11) is -2.17. The van der Waals surface area contributed by atoms with Crippen LogP contribution in [-0.2, 0) is 29.9 Å². The summed E-state index contributed by atoms with van der Waals surface area (Å²) in [6, 6.07) is 3.54. The number of hydrogen-bond donors (Lipinski definition) is 1. The first-order valence-corrected chi connectivity index (χ1v) is 22.8. The zero-order chi connectivity index (χ0) is 39.8. The van der Waals surface area contributed by atoms with E-state index < -0.39 is 25.8 Å². The molecule has 8 nitrogen and oxygen atoms in total. The fourth-order valence-electron chi connectivity index (χ4n) is 7.82. The lowest BCUT2D eigenvalue weighted by Gasteiger charge is -2.50. The van der Waals surface area contributed by atoms with Gasteiger partial charge in [0.1, 0.15) is 29.4 Å². The molecule has 0 spiro atoms. The first-order valence-electron chi connectivity index (χ1n) is 19.5. The molecule has 53 heavy (non-hydrogen) atoms. The molecule has 10 heteroatoms. The van der Waals surface area contributed by atoms with Gasteiger partial charge in [0.25, 0.3) is 0 Å². The van der Waals surface area contributed by atoms with E-state index in [9.17, 15) is 14.7 Å². The van der Waals surface area contributed by atoms with Gasteiger partial charge in [0, 0.05) is 35.2 Å². The van der Waals surface area contributed by atoms with Crippen LogP contribution in [0.5, 0.6) is 11.5 Å². The van der Waals surface area contributed by atoms with Crippen molar-refractivity contribution in [1.82, 2.24) is 4.90 Å². The molecule has 294 valence electrons. The summed E-state index contributed by atoms with van der Waals surface area (Å²) in [5.41, 5.74) is 4.01. The maximum absolute atomic E-state index is 13.9. The van der Waals surface area contributed by atoms with Crippen molar-refractivity contribution >= 4 is 37.6 Å². The number of rotatable bonds is 13. The Labute approximate surface area is 325 Å². The van der Waals surface area contributed by atoms with Crippen LogP contribution in [0.1, 0.15) is 125 Å². The van der Waals surface area contributed by atoms with Gasteiger partial charge in [0.15, 0.2) is 8.32 Å². The molecule has 1 saturated heterocycles. The van der Waals surface area contributed by atoms with Crippen LogP contribution >= 0.6 is 12.2 Å². The number of phenols is 1. The van der Waals surface area contributed by atoms with E-state index in [2.05, 4.69) is 60.4 Å². The normalized spacial score (nSPS) is 23.9. The highest BCUT2D eigenvalue weighted by atomic mass is 32.1. The number of benzene rings is 1. The molecule has 2 aliphatic heterocycles. The molecule has 1 amide bonds. The Morgan fingerprint density at radius 3 is 2.40 bits per heavy atom. The number of carbonyl (C=O) groups is 2. The van der Waals surface area contributed by atoms with Gasteiger partial charge in [0.2, 0.25) is 5.91 Å². The Morgan fingerprint density at radius 2 is 1.81 bits per heavy atom. The minimum atomic E-state index is -2.17. The van der Waals surface area contributed by atoms with Crippen molar-refractivity contribution in [3.05, 3.63) is 58.3 Å². The van der Waals surface area contributed by atoms with Crippen molar-refractivity contribution in [2.45, 2.75) is 156 Å². The van der Waals surface area contributed by atoms with Crippen molar-refractivity contribution in [3.63, 3.8) is 0 Å². The van der Waals surface area contributed by atoms with Gasteiger partial charge in [-0.15, -0.1) is 0 Å². The zero-order valence-electron chi connectivity index (χ0n) is 34.6. The van der Waals surface area contributed by atoms with Crippen LogP contribution in [0, 0.1) is 17.8 Å². The highest BCUT2D eigenvalue weighted by molar-refractivity contribution is 7.79. The van der Waals surface area contributed by atoms with Gasteiger partial charge in [-0.2, -0.15) is 0 Å². The predicted molar refractivity (Wildman–Crippen MR) is 218 cm³/mol. The molecule has 0 aromatic heterocycles. The Kier molecular flexibility index (Phi) is 13.3. The number of esters is 1. The van der Waals surface area contributed by atoms with Crippen molar-refractivity contribution in [2.24, 2.45) is 17.8 Å². The summed E-state index contributed by atoms with van der Waals surface area (Å²) in [5.74, 6) is -0.729. The maximum Gasteiger partial charge on any atom is 0.358 e. The SMILES string of the molecule is C=C(C)[C@@H]1CCC(C)=C[C@H]1c1c(O)cc(CCCCC)cc1OC(=S)OCC1=C(C(=O)OC(C)(C)C)N2C(=O)[C@H]([C@@H](C)O[Si](C)(C)C(C)(C)C)[C@H]2[C@H]1C. The van der Waals surface area contributed by atoms with Gasteiger partial charge >= 0.3 is 11.2 Å². The molecule has 1 fully saturated rings. The Hall–Kier alpha value is -2.95. The molecule has 0 unspecified atom stereocenters. The molecular formula is C43H65NO7SSi. The molecule has 4 rings (SSSR count). The van der Waals surface area contributed by atoms with E-state index >= 15 is 0 Å². The zero-order valence-corrected chi connectivity index (χ0v) is 36.4. The lowest BCUT2D eigenvalue weighted by Crippen LogP contribution is -2.65. The molecule has 1 aromatic rings. The van der Waals surface area contributed by atoms with Gasteiger partial charge in [-0.1, -0.05) is 71.3 Å². The van der Waals surface area contributed by atoms with Crippen LogP contribution in [0.3, 0.4) is 0 Å². The van der Waals surface area contributed by atoms with E-state index in [-0.39, 0.29) is 64.1 Å². The molecule has 1 aromatic carbocycles. The predicted octanol–water partition coefficient (Wildman–Crippen LogP) is 10.3. The standard InChI is InChI=1S/C43H65NO7SSi/c1-15-16-17-18-29-22-33(45)36(31-21-26(4)19-20-30(31)25(2)3)34(23-29)49-41(52)48-24-32-27(5)37-35(28(6)51-53(13,14)43(10,11)12)39(46)44(37)38(32)40(47)50-42(7,8)9/h21-23,27-28,30-31,35,37,45H,2,15-20,24H2,1,3-14H3/t27-,28+,30-,31+,35+,37+/m0/s1. The van der Waals surface area contributed by atoms with Gasteiger partial charge < -0.3 is 28.6 Å². The monoisotopic (exact) mass is 767 g/mol. The van der Waals surface area contributed by atoms with Crippen molar-refractivity contribution in [2.75, 3.05) is 6.61 Å². The lowest BCUT2D eigenvalue weighted by atomic mass is 9.73. The number of amides is 1. The number of hydrogen-bond acceptors (Lipinski definition) is 8. The van der Waals surface area contributed by atoms with E-state index in [1.165, 1.54) is 5.57 Å². The fraction of sp³-hybridized carbons (Fsp3) is 0.651. The van der Waals surface area contributed by atoms with E-state index in [1.807, 2.05) is 32.9 Å². The van der Waals surface area contributed by atoms with Crippen molar-refractivity contribution in [3.8, 4) is 11.5 Å². The smallest absolute Gasteiger partial charge is 0.358 e. The second kappa shape index (κ2) is 16.4. The third-order valence-corrected chi connectivity index (χ3v) is 16.5. The van der Waals surface area contributed by atoms with Crippen LogP contribution in [0.15, 0.2) is 47.2 Å². The van der Waals surface area contributed by atoms with Gasteiger partial charge in [-0.3, -0.25) is 4.79 Å². The van der Waals surface area contributed by atoms with Gasteiger partial charge in [-0.05, 0) is 109 Å². The average Bonchev–Trinajstić information content (AvgIpc) is 3.25. The maximum atomic E-state index is 13.9. The number of allylic oxidation sites excluding steroid dienone is 3. The molecule has 1 N–H and O–H groups in total. The van der Waals surface area contributed by atoms with Gasteiger partial charge in [-0.25, -0.2) is 4.79 Å². The summed E-state index contributed by atoms with van der Waals surface area (Å²) in [4.78, 5) is 29.3. The largest absolute Gasteiger partial charge is 0.507 e. The number of fused-ring (bicyclic) bond motifs is 1. The summed E-state index contributed by atoms with van der Waals surface area (Å²) in [6.07, 6.45) is 7.73. The molecule has 0 radical (unpaired) electrons. The quantitative estimate of drug-likeness (QED) is 0.0530. The van der Waals surface area contributed by atoms with Crippen molar-refractivity contribution < 1.29 is 33.3 Å². The number of unbranched alkanes of at least 4 members (excludes halogenated alkanes) is 2. The van der Waals surface area contributed by atoms with E-state index in [1.54, 1.807) is 25.7 Å². The summed E-state index contributed by atoms with van der Waals surface area (Å²) in [6.45, 7) is 30.9. The second-order valence-corrected chi connectivity index (χ2v) is 23.2. The number of nitrogens with zero attached hydrogens (tertiary/aromatic N) is 1. The van der Waals surface area contributed by atoms with E-state index in [0.29, 0.717) is 16.9 Å². The number of aryl methyl sites for hydroxylation is 1. The van der Waals surface area contributed by atoms with Crippen molar-refractivity contribution in [1.29, 1.82) is 0 Å². The lowest BCUT2D eigenvalue weighted by molar-refractivity contribution is -0.166. The first-order chi connectivity index (χ1) is 24.5.